The molecule has 122 valence electrons. The van der Waals surface area contributed by atoms with E-state index in [0.29, 0.717) is 37.0 Å². The molecule has 1 aromatic carbocycles. The Bertz CT molecular complexity index is 701. The summed E-state index contributed by atoms with van der Waals surface area (Å²) in [6.45, 7) is 5.04. The van der Waals surface area contributed by atoms with Crippen molar-refractivity contribution in [1.82, 2.24) is 15.0 Å². The lowest BCUT2D eigenvalue weighted by atomic mass is 10.1. The smallest absolute Gasteiger partial charge is 0.254 e. The Morgan fingerprint density at radius 3 is 2.96 bits per heavy atom. The molecule has 0 saturated carbocycles. The fraction of sp³-hybridized carbons (Fsp3) is 0.438. The van der Waals surface area contributed by atoms with Gasteiger partial charge in [0, 0.05) is 18.0 Å². The molecule has 7 heteroatoms. The summed E-state index contributed by atoms with van der Waals surface area (Å²) in [5.74, 6) is 0.443. The van der Waals surface area contributed by atoms with Gasteiger partial charge in [-0.05, 0) is 18.2 Å². The lowest BCUT2D eigenvalue weighted by Crippen LogP contribution is -2.42. The Morgan fingerprint density at radius 2 is 2.26 bits per heavy atom. The molecule has 0 bridgehead atoms. The van der Waals surface area contributed by atoms with Crippen LogP contribution in [0.1, 0.15) is 47.9 Å². The number of nitrogens with zero attached hydrogens (tertiary/aromatic N) is 3. The molecule has 0 unspecified atom stereocenters. The fourth-order valence-electron chi connectivity index (χ4n) is 2.41. The average molecular weight is 319 g/mol. The molecule has 1 aliphatic rings. The second-order valence-electron chi connectivity index (χ2n) is 5.77. The van der Waals surface area contributed by atoms with Gasteiger partial charge in [0.05, 0.1) is 13.2 Å². The van der Waals surface area contributed by atoms with E-state index in [1.165, 1.54) is 18.2 Å². The molecular formula is C16H18FN3O3. The highest BCUT2D eigenvalue weighted by molar-refractivity contribution is 5.94. The first kappa shape index (κ1) is 15.6. The van der Waals surface area contributed by atoms with Crippen molar-refractivity contribution in [3.8, 4) is 0 Å². The molecule has 6 nitrogen and oxygen atoms in total. The zero-order valence-corrected chi connectivity index (χ0v) is 13.0. The molecular weight excluding hydrogens is 301 g/mol. The van der Waals surface area contributed by atoms with E-state index in [1.54, 1.807) is 11.0 Å². The topological polar surface area (TPSA) is 68.5 Å². The van der Waals surface area contributed by atoms with Gasteiger partial charge >= 0.3 is 0 Å². The average Bonchev–Trinajstić information content (AvgIpc) is 3.04. The van der Waals surface area contributed by atoms with Crippen LogP contribution < -0.4 is 0 Å². The molecule has 1 aliphatic heterocycles. The molecule has 1 atom stereocenters. The van der Waals surface area contributed by atoms with Crippen molar-refractivity contribution in [3.05, 3.63) is 47.4 Å². The van der Waals surface area contributed by atoms with Crippen LogP contribution in [0.15, 0.2) is 28.8 Å². The molecule has 1 saturated heterocycles. The molecule has 23 heavy (non-hydrogen) atoms. The minimum Gasteiger partial charge on any atom is -0.366 e. The van der Waals surface area contributed by atoms with Crippen molar-refractivity contribution in [3.63, 3.8) is 0 Å². The van der Waals surface area contributed by atoms with Crippen LogP contribution >= 0.6 is 0 Å². The van der Waals surface area contributed by atoms with Gasteiger partial charge in [-0.1, -0.05) is 25.1 Å². The van der Waals surface area contributed by atoms with Crippen molar-refractivity contribution in [2.45, 2.75) is 25.9 Å². The predicted molar refractivity (Wildman–Crippen MR) is 79.4 cm³/mol. The van der Waals surface area contributed by atoms with Crippen LogP contribution in [0.25, 0.3) is 0 Å². The highest BCUT2D eigenvalue weighted by Crippen LogP contribution is 2.23. The first-order chi connectivity index (χ1) is 11.0. The van der Waals surface area contributed by atoms with Crippen LogP contribution in [-0.4, -0.2) is 40.6 Å². The van der Waals surface area contributed by atoms with Crippen LogP contribution in [0.3, 0.4) is 0 Å². The molecule has 2 aromatic rings. The number of amides is 1. The monoisotopic (exact) mass is 319 g/mol. The molecule has 1 aromatic heterocycles. The summed E-state index contributed by atoms with van der Waals surface area (Å²) in [5.41, 5.74) is 0.321. The van der Waals surface area contributed by atoms with Crippen molar-refractivity contribution in [2.24, 2.45) is 0 Å². The number of morpholine rings is 1. The zero-order valence-electron chi connectivity index (χ0n) is 13.0. The molecule has 2 heterocycles. The number of halogens is 1. The Hall–Kier alpha value is -2.28. The van der Waals surface area contributed by atoms with Gasteiger partial charge < -0.3 is 14.2 Å². The van der Waals surface area contributed by atoms with Crippen LogP contribution in [0.4, 0.5) is 4.39 Å². The van der Waals surface area contributed by atoms with Gasteiger partial charge in [-0.3, -0.25) is 4.79 Å². The third-order valence-corrected chi connectivity index (χ3v) is 3.66. The van der Waals surface area contributed by atoms with Crippen molar-refractivity contribution in [2.75, 3.05) is 19.7 Å². The molecule has 1 fully saturated rings. The van der Waals surface area contributed by atoms with Gasteiger partial charge in [-0.2, -0.15) is 4.98 Å². The number of benzene rings is 1. The van der Waals surface area contributed by atoms with Crippen LogP contribution in [0, 0.1) is 5.82 Å². The Kier molecular flexibility index (Phi) is 4.38. The van der Waals surface area contributed by atoms with Gasteiger partial charge in [-0.15, -0.1) is 0 Å². The SMILES string of the molecule is CC(C)c1nc([C@@H]2CN(C(=O)c3cccc(F)c3)CCO2)no1. The van der Waals surface area contributed by atoms with E-state index in [4.69, 9.17) is 9.26 Å². The van der Waals surface area contributed by atoms with E-state index in [0.717, 1.165) is 0 Å². The summed E-state index contributed by atoms with van der Waals surface area (Å²) in [6.07, 6.45) is -0.433. The molecule has 0 aliphatic carbocycles. The Labute approximate surface area is 133 Å². The van der Waals surface area contributed by atoms with Crippen LogP contribution in [-0.2, 0) is 4.74 Å². The second-order valence-corrected chi connectivity index (χ2v) is 5.77. The third-order valence-electron chi connectivity index (χ3n) is 3.66. The number of aromatic nitrogens is 2. The number of carbonyl (C=O) groups excluding carboxylic acids is 1. The highest BCUT2D eigenvalue weighted by atomic mass is 19.1. The first-order valence-corrected chi connectivity index (χ1v) is 7.54. The van der Waals surface area contributed by atoms with Gasteiger partial charge in [0.2, 0.25) is 11.7 Å². The Morgan fingerprint density at radius 1 is 1.43 bits per heavy atom. The van der Waals surface area contributed by atoms with Gasteiger partial charge in [0.15, 0.2) is 0 Å². The fourth-order valence-corrected chi connectivity index (χ4v) is 2.41. The van der Waals surface area contributed by atoms with E-state index < -0.39 is 11.9 Å². The summed E-state index contributed by atoms with van der Waals surface area (Å²) in [4.78, 5) is 18.4. The summed E-state index contributed by atoms with van der Waals surface area (Å²) >= 11 is 0. The lowest BCUT2D eigenvalue weighted by molar-refractivity contribution is -0.0276. The van der Waals surface area contributed by atoms with Gasteiger partial charge in [-0.25, -0.2) is 4.39 Å². The normalized spacial score (nSPS) is 18.4. The maximum atomic E-state index is 13.3. The van der Waals surface area contributed by atoms with E-state index in [1.807, 2.05) is 13.8 Å². The number of ether oxygens (including phenoxy) is 1. The third kappa shape index (κ3) is 3.39. The van der Waals surface area contributed by atoms with Crippen LogP contribution in [0.2, 0.25) is 0 Å². The summed E-state index contributed by atoms with van der Waals surface area (Å²) < 4.78 is 24.1. The standard InChI is InChI=1S/C16H18FN3O3/c1-10(2)15-18-14(19-23-15)13-9-20(6-7-22-13)16(21)11-4-3-5-12(17)8-11/h3-5,8,10,13H,6-7,9H2,1-2H3/t13-/m0/s1. The molecule has 1 amide bonds. The second kappa shape index (κ2) is 6.45. The number of carbonyl (C=O) groups is 1. The van der Waals surface area contributed by atoms with Gasteiger partial charge in [0.25, 0.3) is 5.91 Å². The van der Waals surface area contributed by atoms with E-state index in [2.05, 4.69) is 10.1 Å². The molecule has 0 spiro atoms. The summed E-state index contributed by atoms with van der Waals surface area (Å²) in [6, 6.07) is 5.67. The molecule has 3 rings (SSSR count). The largest absolute Gasteiger partial charge is 0.366 e. The van der Waals surface area contributed by atoms with Crippen molar-refractivity contribution in [1.29, 1.82) is 0 Å². The quantitative estimate of drug-likeness (QED) is 0.869. The van der Waals surface area contributed by atoms with E-state index >= 15 is 0 Å². The van der Waals surface area contributed by atoms with Crippen LogP contribution in [0.5, 0.6) is 0 Å². The summed E-state index contributed by atoms with van der Waals surface area (Å²) in [7, 11) is 0. The predicted octanol–water partition coefficient (Wildman–Crippen LogP) is 2.55. The zero-order chi connectivity index (χ0) is 16.4. The minimum absolute atomic E-state index is 0.130. The van der Waals surface area contributed by atoms with E-state index in [9.17, 15) is 9.18 Å². The minimum atomic E-state index is -0.433. The molecule has 0 radical (unpaired) electrons. The number of rotatable bonds is 3. The number of hydrogen-bond donors (Lipinski definition) is 0. The lowest BCUT2D eigenvalue weighted by Gasteiger charge is -2.31. The first-order valence-electron chi connectivity index (χ1n) is 7.54. The highest BCUT2D eigenvalue weighted by Gasteiger charge is 2.29. The van der Waals surface area contributed by atoms with E-state index in [-0.39, 0.29) is 11.8 Å². The number of hydrogen-bond acceptors (Lipinski definition) is 5. The van der Waals surface area contributed by atoms with Crippen molar-refractivity contribution < 1.29 is 18.4 Å². The maximum Gasteiger partial charge on any atom is 0.254 e. The summed E-state index contributed by atoms with van der Waals surface area (Å²) in [5, 5.41) is 3.93. The molecule has 0 N–H and O–H groups in total. The Balaban J connectivity index is 1.73. The van der Waals surface area contributed by atoms with Crippen molar-refractivity contribution >= 4 is 5.91 Å². The maximum absolute atomic E-state index is 13.3. The van der Waals surface area contributed by atoms with Gasteiger partial charge in [0.1, 0.15) is 11.9 Å².